The van der Waals surface area contributed by atoms with Gasteiger partial charge in [0.2, 0.25) is 0 Å². The highest BCUT2D eigenvalue weighted by molar-refractivity contribution is 5.89. The Labute approximate surface area is 105 Å². The van der Waals surface area contributed by atoms with Crippen molar-refractivity contribution in [1.82, 2.24) is 4.98 Å². The smallest absolute Gasteiger partial charge is 0.326 e. The molecule has 0 radical (unpaired) electrons. The van der Waals surface area contributed by atoms with Gasteiger partial charge in [0.1, 0.15) is 17.4 Å². The molecule has 0 fully saturated rings. The number of furan rings is 1. The van der Waals surface area contributed by atoms with Gasteiger partial charge in [-0.3, -0.25) is 0 Å². The first-order valence-electron chi connectivity index (χ1n) is 6.04. The van der Waals surface area contributed by atoms with Crippen LogP contribution in [0.25, 0.3) is 11.0 Å². The Bertz CT molecular complexity index is 536. The van der Waals surface area contributed by atoms with Crippen LogP contribution in [-0.4, -0.2) is 22.1 Å². The van der Waals surface area contributed by atoms with Gasteiger partial charge >= 0.3 is 5.97 Å². The minimum atomic E-state index is -0.856. The Kier molecular flexibility index (Phi) is 3.82. The maximum absolute atomic E-state index is 11.2. The zero-order chi connectivity index (χ0) is 13.0. The number of nitrogens with zero attached hydrogens (tertiary/aromatic N) is 1. The monoisotopic (exact) mass is 248 g/mol. The van der Waals surface area contributed by atoms with E-state index in [4.69, 9.17) is 4.42 Å². The predicted molar refractivity (Wildman–Crippen MR) is 68.6 cm³/mol. The number of aliphatic carboxylic acids is 1. The summed E-state index contributed by atoms with van der Waals surface area (Å²) in [4.78, 5) is 15.3. The molecule has 96 valence electrons. The summed E-state index contributed by atoms with van der Waals surface area (Å²) in [6.45, 7) is 2.04. The Morgan fingerprint density at radius 1 is 1.56 bits per heavy atom. The van der Waals surface area contributed by atoms with Gasteiger partial charge in [-0.2, -0.15) is 0 Å². The lowest BCUT2D eigenvalue weighted by atomic mass is 10.1. The normalized spacial score (nSPS) is 12.5. The maximum atomic E-state index is 11.2. The summed E-state index contributed by atoms with van der Waals surface area (Å²) in [6, 6.07) is 2.92. The van der Waals surface area contributed by atoms with Crippen LogP contribution in [0.3, 0.4) is 0 Å². The molecule has 2 heterocycles. The Hall–Kier alpha value is -2.04. The van der Waals surface area contributed by atoms with Crippen LogP contribution < -0.4 is 5.32 Å². The zero-order valence-electron chi connectivity index (χ0n) is 10.2. The lowest BCUT2D eigenvalue weighted by Crippen LogP contribution is -2.29. The first kappa shape index (κ1) is 12.4. The van der Waals surface area contributed by atoms with Crippen molar-refractivity contribution in [3.63, 3.8) is 0 Å². The minimum Gasteiger partial charge on any atom is -0.480 e. The molecule has 0 saturated heterocycles. The van der Waals surface area contributed by atoms with E-state index in [0.29, 0.717) is 17.8 Å². The number of aromatic nitrogens is 1. The van der Waals surface area contributed by atoms with E-state index in [1.54, 1.807) is 24.6 Å². The topological polar surface area (TPSA) is 75.4 Å². The molecular formula is C13H16N2O3. The minimum absolute atomic E-state index is 0.560. The highest BCUT2D eigenvalue weighted by Gasteiger charge is 2.18. The van der Waals surface area contributed by atoms with Gasteiger partial charge < -0.3 is 14.8 Å². The van der Waals surface area contributed by atoms with Crippen LogP contribution in [0.5, 0.6) is 0 Å². The van der Waals surface area contributed by atoms with Crippen molar-refractivity contribution in [3.8, 4) is 0 Å². The fourth-order valence-corrected chi connectivity index (χ4v) is 1.84. The standard InChI is InChI=1S/C13H16N2O3/c1-2-3-4-10(13(16)17)15-12-9-6-8-18-11(9)5-7-14-12/h5-8,10H,2-4H2,1H3,(H,14,15)(H,16,17). The van der Waals surface area contributed by atoms with Crippen molar-refractivity contribution in [2.45, 2.75) is 32.2 Å². The van der Waals surface area contributed by atoms with Crippen molar-refractivity contribution in [2.24, 2.45) is 0 Å². The van der Waals surface area contributed by atoms with Gasteiger partial charge in [-0.25, -0.2) is 9.78 Å². The lowest BCUT2D eigenvalue weighted by Gasteiger charge is -2.14. The van der Waals surface area contributed by atoms with Gasteiger partial charge in [-0.15, -0.1) is 0 Å². The second-order valence-electron chi connectivity index (χ2n) is 4.17. The molecule has 0 spiro atoms. The number of hydrogen-bond donors (Lipinski definition) is 2. The van der Waals surface area contributed by atoms with Crippen LogP contribution in [0, 0.1) is 0 Å². The average molecular weight is 248 g/mol. The number of fused-ring (bicyclic) bond motifs is 1. The Morgan fingerprint density at radius 2 is 2.39 bits per heavy atom. The van der Waals surface area contributed by atoms with Crippen molar-refractivity contribution in [3.05, 3.63) is 24.6 Å². The van der Waals surface area contributed by atoms with Crippen LogP contribution in [-0.2, 0) is 4.79 Å². The third kappa shape index (κ3) is 2.61. The van der Waals surface area contributed by atoms with Crippen molar-refractivity contribution >= 4 is 22.8 Å². The second-order valence-corrected chi connectivity index (χ2v) is 4.17. The number of hydrogen-bond acceptors (Lipinski definition) is 4. The zero-order valence-corrected chi connectivity index (χ0v) is 10.2. The molecule has 0 aromatic carbocycles. The molecule has 0 aliphatic heterocycles. The molecule has 5 heteroatoms. The molecule has 0 saturated carbocycles. The Balaban J connectivity index is 2.20. The summed E-state index contributed by atoms with van der Waals surface area (Å²) >= 11 is 0. The first-order chi connectivity index (χ1) is 8.72. The number of carboxylic acids is 1. The van der Waals surface area contributed by atoms with Crippen LogP contribution in [0.15, 0.2) is 29.0 Å². The average Bonchev–Trinajstić information content (AvgIpc) is 2.83. The van der Waals surface area contributed by atoms with E-state index in [0.717, 1.165) is 18.2 Å². The van der Waals surface area contributed by atoms with E-state index in [2.05, 4.69) is 10.3 Å². The van der Waals surface area contributed by atoms with E-state index in [1.165, 1.54) is 0 Å². The van der Waals surface area contributed by atoms with Crippen molar-refractivity contribution in [2.75, 3.05) is 5.32 Å². The van der Waals surface area contributed by atoms with Crippen molar-refractivity contribution < 1.29 is 14.3 Å². The Morgan fingerprint density at radius 3 is 3.11 bits per heavy atom. The maximum Gasteiger partial charge on any atom is 0.326 e. The van der Waals surface area contributed by atoms with Gasteiger partial charge in [-0.1, -0.05) is 19.8 Å². The molecule has 1 atom stereocenters. The molecule has 2 aromatic heterocycles. The number of anilines is 1. The molecule has 5 nitrogen and oxygen atoms in total. The molecule has 0 aliphatic rings. The van der Waals surface area contributed by atoms with Crippen LogP contribution >= 0.6 is 0 Å². The fraction of sp³-hybridized carbons (Fsp3) is 0.385. The van der Waals surface area contributed by atoms with E-state index in [1.807, 2.05) is 6.92 Å². The largest absolute Gasteiger partial charge is 0.480 e. The molecule has 1 unspecified atom stereocenters. The quantitative estimate of drug-likeness (QED) is 0.822. The van der Waals surface area contributed by atoms with Crippen LogP contribution in [0.2, 0.25) is 0 Å². The summed E-state index contributed by atoms with van der Waals surface area (Å²) in [5, 5.41) is 12.9. The van der Waals surface area contributed by atoms with Crippen LogP contribution in [0.4, 0.5) is 5.82 Å². The number of rotatable bonds is 6. The van der Waals surface area contributed by atoms with Crippen molar-refractivity contribution in [1.29, 1.82) is 0 Å². The van der Waals surface area contributed by atoms with E-state index >= 15 is 0 Å². The molecule has 18 heavy (non-hydrogen) atoms. The summed E-state index contributed by atoms with van der Waals surface area (Å²) in [5.74, 6) is -0.296. The highest BCUT2D eigenvalue weighted by atomic mass is 16.4. The predicted octanol–water partition coefficient (Wildman–Crippen LogP) is 2.88. The number of pyridine rings is 1. The van der Waals surface area contributed by atoms with Gasteiger partial charge in [0.25, 0.3) is 0 Å². The summed E-state index contributed by atoms with van der Waals surface area (Å²) in [5.41, 5.74) is 0.701. The molecule has 0 amide bonds. The van der Waals surface area contributed by atoms with Crippen LogP contribution in [0.1, 0.15) is 26.2 Å². The number of carboxylic acid groups (broad SMARTS) is 1. The summed E-state index contributed by atoms with van der Waals surface area (Å²) in [7, 11) is 0. The van der Waals surface area contributed by atoms with E-state index in [9.17, 15) is 9.90 Å². The lowest BCUT2D eigenvalue weighted by molar-refractivity contribution is -0.138. The molecule has 2 N–H and O–H groups in total. The fourth-order valence-electron chi connectivity index (χ4n) is 1.84. The highest BCUT2D eigenvalue weighted by Crippen LogP contribution is 2.23. The first-order valence-corrected chi connectivity index (χ1v) is 6.04. The van der Waals surface area contributed by atoms with E-state index < -0.39 is 12.0 Å². The molecular weight excluding hydrogens is 232 g/mol. The number of carbonyl (C=O) groups is 1. The summed E-state index contributed by atoms with van der Waals surface area (Å²) in [6.07, 6.45) is 5.59. The van der Waals surface area contributed by atoms with Gasteiger partial charge in [-0.05, 0) is 18.6 Å². The third-order valence-electron chi connectivity index (χ3n) is 2.84. The van der Waals surface area contributed by atoms with E-state index in [-0.39, 0.29) is 0 Å². The van der Waals surface area contributed by atoms with Gasteiger partial charge in [0, 0.05) is 6.20 Å². The molecule has 0 bridgehead atoms. The second kappa shape index (κ2) is 5.53. The molecule has 2 aromatic rings. The molecule has 2 rings (SSSR count). The third-order valence-corrected chi connectivity index (χ3v) is 2.84. The number of nitrogens with one attached hydrogen (secondary N) is 1. The van der Waals surface area contributed by atoms with Gasteiger partial charge in [0.15, 0.2) is 0 Å². The SMILES string of the molecule is CCCCC(Nc1nccc2occc12)C(=O)O. The van der Waals surface area contributed by atoms with Gasteiger partial charge in [0.05, 0.1) is 11.6 Å². The molecule has 0 aliphatic carbocycles. The summed E-state index contributed by atoms with van der Waals surface area (Å²) < 4.78 is 5.25. The number of unbranched alkanes of at least 4 members (excludes halogenated alkanes) is 1.